The maximum atomic E-state index is 12.7. The van der Waals surface area contributed by atoms with Gasteiger partial charge in [-0.1, -0.05) is 18.2 Å². The predicted molar refractivity (Wildman–Crippen MR) is 84.7 cm³/mol. The summed E-state index contributed by atoms with van der Waals surface area (Å²) in [5.41, 5.74) is 3.16. The van der Waals surface area contributed by atoms with E-state index in [-0.39, 0.29) is 5.91 Å². The van der Waals surface area contributed by atoms with Gasteiger partial charge in [-0.25, -0.2) is 9.48 Å². The number of carbonyl (C=O) groups is 2. The number of hydrogen-bond donors (Lipinski definition) is 1. The Morgan fingerprint density at radius 3 is 2.70 bits per heavy atom. The second-order valence-electron chi connectivity index (χ2n) is 5.84. The fourth-order valence-corrected chi connectivity index (χ4v) is 3.08. The molecule has 23 heavy (non-hydrogen) atoms. The average Bonchev–Trinajstić information content (AvgIpc) is 3.14. The minimum Gasteiger partial charge on any atom is -0.480 e. The van der Waals surface area contributed by atoms with E-state index < -0.39 is 12.0 Å². The molecule has 6 heteroatoms. The van der Waals surface area contributed by atoms with Gasteiger partial charge in [0.25, 0.3) is 5.91 Å². The minimum atomic E-state index is -0.945. The summed E-state index contributed by atoms with van der Waals surface area (Å²) in [5, 5.41) is 13.6. The molecule has 3 rings (SSSR count). The summed E-state index contributed by atoms with van der Waals surface area (Å²) in [6.45, 7) is 4.29. The molecule has 1 N–H and O–H groups in total. The third kappa shape index (κ3) is 2.60. The Morgan fingerprint density at radius 1 is 1.26 bits per heavy atom. The van der Waals surface area contributed by atoms with Crippen LogP contribution < -0.4 is 0 Å². The Morgan fingerprint density at radius 2 is 2.00 bits per heavy atom. The van der Waals surface area contributed by atoms with Crippen LogP contribution in [0.15, 0.2) is 30.5 Å². The Hall–Kier alpha value is -2.63. The third-order valence-corrected chi connectivity index (χ3v) is 4.38. The van der Waals surface area contributed by atoms with Crippen molar-refractivity contribution in [2.45, 2.75) is 32.7 Å². The first-order valence-electron chi connectivity index (χ1n) is 7.65. The Labute approximate surface area is 134 Å². The van der Waals surface area contributed by atoms with E-state index in [0.717, 1.165) is 16.9 Å². The lowest BCUT2D eigenvalue weighted by atomic mass is 10.1. The van der Waals surface area contributed by atoms with Gasteiger partial charge in [0, 0.05) is 6.54 Å². The Balaban J connectivity index is 1.95. The summed E-state index contributed by atoms with van der Waals surface area (Å²) in [5.74, 6) is -1.20. The molecule has 0 spiro atoms. The third-order valence-electron chi connectivity index (χ3n) is 4.38. The van der Waals surface area contributed by atoms with Gasteiger partial charge in [-0.05, 0) is 38.3 Å². The van der Waals surface area contributed by atoms with Crippen LogP contribution in [-0.2, 0) is 4.79 Å². The molecular weight excluding hydrogens is 294 g/mol. The van der Waals surface area contributed by atoms with Crippen LogP contribution in [0.1, 0.15) is 34.5 Å². The van der Waals surface area contributed by atoms with Crippen molar-refractivity contribution in [3.05, 3.63) is 47.3 Å². The van der Waals surface area contributed by atoms with Crippen LogP contribution >= 0.6 is 0 Å². The number of carbonyl (C=O) groups excluding carboxylic acids is 1. The summed E-state index contributed by atoms with van der Waals surface area (Å²) in [6.07, 6.45) is 2.75. The number of carboxylic acid groups (broad SMARTS) is 1. The summed E-state index contributed by atoms with van der Waals surface area (Å²) in [6, 6.07) is 7.07. The predicted octanol–water partition coefficient (Wildman–Crippen LogP) is 2.18. The van der Waals surface area contributed by atoms with Crippen molar-refractivity contribution in [3.8, 4) is 5.69 Å². The van der Waals surface area contributed by atoms with Gasteiger partial charge in [-0.3, -0.25) is 4.79 Å². The summed E-state index contributed by atoms with van der Waals surface area (Å²) < 4.78 is 1.73. The number of benzene rings is 1. The molecule has 1 saturated heterocycles. The Kier molecular flexibility index (Phi) is 3.90. The standard InChI is InChI=1S/C17H19N3O3/c1-11-6-3-4-7-14(11)20-12(2)13(10-18-20)16(21)19-9-5-8-15(19)17(22)23/h3-4,6-7,10,15H,5,8-9H2,1-2H3,(H,22,23)/t15-/m1/s1. The molecule has 0 unspecified atom stereocenters. The molecule has 0 radical (unpaired) electrons. The molecule has 2 aromatic rings. The fourth-order valence-electron chi connectivity index (χ4n) is 3.08. The number of hydrogen-bond acceptors (Lipinski definition) is 3. The molecule has 1 aromatic carbocycles. The SMILES string of the molecule is Cc1ccccc1-n1ncc(C(=O)N2CCC[C@@H]2C(=O)O)c1C. The van der Waals surface area contributed by atoms with Gasteiger partial charge in [-0.15, -0.1) is 0 Å². The lowest BCUT2D eigenvalue weighted by molar-refractivity contribution is -0.141. The number of aryl methyl sites for hydroxylation is 1. The number of aromatic nitrogens is 2. The Bertz CT molecular complexity index is 766. The first-order chi connectivity index (χ1) is 11.0. The van der Waals surface area contributed by atoms with E-state index in [1.54, 1.807) is 4.68 Å². The van der Waals surface area contributed by atoms with Crippen LogP contribution in [0.2, 0.25) is 0 Å². The van der Waals surface area contributed by atoms with E-state index in [1.165, 1.54) is 11.1 Å². The minimum absolute atomic E-state index is 0.257. The van der Waals surface area contributed by atoms with Crippen LogP contribution in [0.5, 0.6) is 0 Å². The highest BCUT2D eigenvalue weighted by Crippen LogP contribution is 2.23. The highest BCUT2D eigenvalue weighted by atomic mass is 16.4. The van der Waals surface area contributed by atoms with Crippen LogP contribution in [0.3, 0.4) is 0 Å². The summed E-state index contributed by atoms with van der Waals surface area (Å²) in [7, 11) is 0. The van der Waals surface area contributed by atoms with Crippen molar-refractivity contribution in [3.63, 3.8) is 0 Å². The average molecular weight is 313 g/mol. The molecule has 6 nitrogen and oxygen atoms in total. The molecule has 0 aliphatic carbocycles. The molecule has 1 aromatic heterocycles. The van der Waals surface area contributed by atoms with Crippen molar-refractivity contribution in [1.29, 1.82) is 0 Å². The fraction of sp³-hybridized carbons (Fsp3) is 0.353. The van der Waals surface area contributed by atoms with Crippen molar-refractivity contribution < 1.29 is 14.7 Å². The number of rotatable bonds is 3. The van der Waals surface area contributed by atoms with Gasteiger partial charge < -0.3 is 10.0 Å². The second-order valence-corrected chi connectivity index (χ2v) is 5.84. The van der Waals surface area contributed by atoms with Crippen molar-refractivity contribution in [2.24, 2.45) is 0 Å². The van der Waals surface area contributed by atoms with Crippen molar-refractivity contribution in [1.82, 2.24) is 14.7 Å². The van der Waals surface area contributed by atoms with Gasteiger partial charge in [-0.2, -0.15) is 5.10 Å². The topological polar surface area (TPSA) is 75.4 Å². The van der Waals surface area contributed by atoms with E-state index in [9.17, 15) is 14.7 Å². The van der Waals surface area contributed by atoms with Gasteiger partial charge in [0.1, 0.15) is 6.04 Å². The highest BCUT2D eigenvalue weighted by Gasteiger charge is 2.35. The molecule has 2 heterocycles. The maximum absolute atomic E-state index is 12.7. The molecule has 0 saturated carbocycles. The maximum Gasteiger partial charge on any atom is 0.326 e. The number of likely N-dealkylation sites (tertiary alicyclic amines) is 1. The number of nitrogens with zero attached hydrogens (tertiary/aromatic N) is 3. The quantitative estimate of drug-likeness (QED) is 0.942. The molecule has 1 amide bonds. The summed E-state index contributed by atoms with van der Waals surface area (Å²) >= 11 is 0. The zero-order chi connectivity index (χ0) is 16.6. The van der Waals surface area contributed by atoms with Gasteiger partial charge in [0.2, 0.25) is 0 Å². The molecule has 1 aliphatic heterocycles. The van der Waals surface area contributed by atoms with Gasteiger partial charge >= 0.3 is 5.97 Å². The largest absolute Gasteiger partial charge is 0.480 e. The first kappa shape index (κ1) is 15.3. The van der Waals surface area contributed by atoms with E-state index >= 15 is 0 Å². The number of amides is 1. The van der Waals surface area contributed by atoms with Crippen molar-refractivity contribution >= 4 is 11.9 Å². The molecular formula is C17H19N3O3. The molecule has 120 valence electrons. The smallest absolute Gasteiger partial charge is 0.326 e. The number of para-hydroxylation sites is 1. The number of aliphatic carboxylic acids is 1. The first-order valence-corrected chi connectivity index (χ1v) is 7.65. The van der Waals surface area contributed by atoms with E-state index in [0.29, 0.717) is 24.9 Å². The van der Waals surface area contributed by atoms with Crippen LogP contribution in [0.25, 0.3) is 5.69 Å². The number of carboxylic acids is 1. The lowest BCUT2D eigenvalue weighted by Gasteiger charge is -2.21. The molecule has 1 atom stereocenters. The second kappa shape index (κ2) is 5.87. The normalized spacial score (nSPS) is 17.5. The zero-order valence-electron chi connectivity index (χ0n) is 13.2. The monoisotopic (exact) mass is 313 g/mol. The zero-order valence-corrected chi connectivity index (χ0v) is 13.2. The van der Waals surface area contributed by atoms with E-state index in [1.807, 2.05) is 38.1 Å². The van der Waals surface area contributed by atoms with Crippen LogP contribution in [0, 0.1) is 13.8 Å². The highest BCUT2D eigenvalue weighted by molar-refractivity contribution is 5.97. The van der Waals surface area contributed by atoms with Gasteiger partial charge in [0.05, 0.1) is 23.1 Å². The molecule has 1 aliphatic rings. The van der Waals surface area contributed by atoms with E-state index in [4.69, 9.17) is 0 Å². The van der Waals surface area contributed by atoms with Gasteiger partial charge in [0.15, 0.2) is 0 Å². The lowest BCUT2D eigenvalue weighted by Crippen LogP contribution is -2.40. The molecule has 0 bridgehead atoms. The van der Waals surface area contributed by atoms with Crippen LogP contribution in [-0.4, -0.2) is 44.3 Å². The summed E-state index contributed by atoms with van der Waals surface area (Å²) in [4.78, 5) is 25.4. The molecule has 1 fully saturated rings. The van der Waals surface area contributed by atoms with Crippen molar-refractivity contribution in [2.75, 3.05) is 6.54 Å². The van der Waals surface area contributed by atoms with Crippen LogP contribution in [0.4, 0.5) is 0 Å². The van der Waals surface area contributed by atoms with E-state index in [2.05, 4.69) is 5.10 Å².